The molecule has 1 unspecified atom stereocenters. The molecule has 2 N–H and O–H groups in total. The van der Waals surface area contributed by atoms with E-state index in [2.05, 4.69) is 18.3 Å². The molecule has 1 fully saturated rings. The second-order valence-electron chi connectivity index (χ2n) is 6.48. The van der Waals surface area contributed by atoms with E-state index in [-0.39, 0.29) is 0 Å². The molecule has 0 saturated heterocycles. The Morgan fingerprint density at radius 3 is 2.48 bits per heavy atom. The maximum Gasteiger partial charge on any atom is 0.125 e. The lowest BCUT2D eigenvalue weighted by Crippen LogP contribution is -2.39. The standard InChI is InChI=1S/C18H28NO2/c1-13-7-9-16(10-8-13)19-11-17(20)12-21-18-14(2)5-4-6-15(18)3/h5-6,13,16-17,19-20H,7-12H2,1-3H3. The van der Waals surface area contributed by atoms with Gasteiger partial charge in [0.2, 0.25) is 0 Å². The van der Waals surface area contributed by atoms with E-state index in [0.29, 0.717) is 19.2 Å². The Morgan fingerprint density at radius 1 is 1.24 bits per heavy atom. The Balaban J connectivity index is 1.71. The number of aryl methyl sites for hydroxylation is 2. The summed E-state index contributed by atoms with van der Waals surface area (Å²) in [4.78, 5) is 0. The predicted molar refractivity (Wildman–Crippen MR) is 85.7 cm³/mol. The van der Waals surface area contributed by atoms with Crippen LogP contribution in [0.4, 0.5) is 0 Å². The van der Waals surface area contributed by atoms with Crippen molar-refractivity contribution in [1.29, 1.82) is 0 Å². The molecule has 0 heterocycles. The van der Waals surface area contributed by atoms with Crippen molar-refractivity contribution in [2.45, 2.75) is 58.6 Å². The van der Waals surface area contributed by atoms with Gasteiger partial charge in [0, 0.05) is 12.6 Å². The highest BCUT2D eigenvalue weighted by molar-refractivity contribution is 5.39. The van der Waals surface area contributed by atoms with E-state index in [1.54, 1.807) is 0 Å². The molecule has 2 rings (SSSR count). The zero-order valence-corrected chi connectivity index (χ0v) is 13.5. The molecule has 1 aromatic rings. The van der Waals surface area contributed by atoms with E-state index in [1.807, 2.05) is 26.0 Å². The first-order valence-electron chi connectivity index (χ1n) is 8.07. The molecule has 0 amide bonds. The average molecular weight is 290 g/mol. The molecule has 117 valence electrons. The average Bonchev–Trinajstić information content (AvgIpc) is 2.46. The van der Waals surface area contributed by atoms with Crippen LogP contribution < -0.4 is 10.1 Å². The first kappa shape index (κ1) is 16.3. The molecule has 1 aliphatic carbocycles. The van der Waals surface area contributed by atoms with Gasteiger partial charge in [0.25, 0.3) is 0 Å². The Hall–Kier alpha value is -1.06. The fraction of sp³-hybridized carbons (Fsp3) is 0.667. The summed E-state index contributed by atoms with van der Waals surface area (Å²) in [5.74, 6) is 1.73. The summed E-state index contributed by atoms with van der Waals surface area (Å²) >= 11 is 0. The van der Waals surface area contributed by atoms with Crippen molar-refractivity contribution < 1.29 is 9.84 Å². The molecule has 1 aliphatic rings. The number of nitrogens with one attached hydrogen (secondary N) is 1. The van der Waals surface area contributed by atoms with E-state index in [0.717, 1.165) is 22.8 Å². The quantitative estimate of drug-likeness (QED) is 0.846. The van der Waals surface area contributed by atoms with Crippen LogP contribution in [0.5, 0.6) is 5.75 Å². The number of hydrogen-bond acceptors (Lipinski definition) is 3. The van der Waals surface area contributed by atoms with Gasteiger partial charge in [-0.15, -0.1) is 0 Å². The predicted octanol–water partition coefficient (Wildman–Crippen LogP) is 3.01. The molecule has 3 nitrogen and oxygen atoms in total. The van der Waals surface area contributed by atoms with Crippen LogP contribution in [-0.4, -0.2) is 30.4 Å². The molecule has 21 heavy (non-hydrogen) atoms. The lowest BCUT2D eigenvalue weighted by Gasteiger charge is -2.28. The highest BCUT2D eigenvalue weighted by atomic mass is 16.5. The molecule has 0 aromatic heterocycles. The lowest BCUT2D eigenvalue weighted by molar-refractivity contribution is 0.100. The Morgan fingerprint density at radius 2 is 1.86 bits per heavy atom. The van der Waals surface area contributed by atoms with Gasteiger partial charge >= 0.3 is 0 Å². The van der Waals surface area contributed by atoms with E-state index in [1.165, 1.54) is 25.7 Å². The fourth-order valence-electron chi connectivity index (χ4n) is 2.97. The van der Waals surface area contributed by atoms with Gasteiger partial charge in [0.05, 0.1) is 0 Å². The van der Waals surface area contributed by atoms with E-state index in [4.69, 9.17) is 4.74 Å². The van der Waals surface area contributed by atoms with Crippen molar-refractivity contribution in [2.24, 2.45) is 5.92 Å². The van der Waals surface area contributed by atoms with Gasteiger partial charge in [-0.1, -0.05) is 6.92 Å². The van der Waals surface area contributed by atoms with E-state index >= 15 is 0 Å². The number of rotatable bonds is 6. The van der Waals surface area contributed by atoms with Crippen molar-refractivity contribution >= 4 is 0 Å². The molecule has 1 aromatic carbocycles. The number of hydrogen-bond donors (Lipinski definition) is 2. The summed E-state index contributed by atoms with van der Waals surface area (Å²) in [7, 11) is 0. The van der Waals surface area contributed by atoms with E-state index in [9.17, 15) is 5.11 Å². The first-order chi connectivity index (χ1) is 10.1. The van der Waals surface area contributed by atoms with Crippen molar-refractivity contribution in [3.05, 3.63) is 29.3 Å². The van der Waals surface area contributed by atoms with Crippen LogP contribution in [0.2, 0.25) is 0 Å². The topological polar surface area (TPSA) is 41.5 Å². The Kier molecular flexibility index (Phi) is 6.07. The van der Waals surface area contributed by atoms with Gasteiger partial charge in [-0.25, -0.2) is 0 Å². The van der Waals surface area contributed by atoms with Crippen molar-refractivity contribution in [3.8, 4) is 5.75 Å². The summed E-state index contributed by atoms with van der Waals surface area (Å²) in [6, 6.07) is 7.46. The summed E-state index contributed by atoms with van der Waals surface area (Å²) in [5, 5.41) is 13.6. The number of benzene rings is 1. The summed E-state index contributed by atoms with van der Waals surface area (Å²) < 4.78 is 5.78. The zero-order valence-electron chi connectivity index (χ0n) is 13.5. The van der Waals surface area contributed by atoms with Crippen LogP contribution >= 0.6 is 0 Å². The fourth-order valence-corrected chi connectivity index (χ4v) is 2.97. The van der Waals surface area contributed by atoms with Crippen LogP contribution in [0, 0.1) is 25.8 Å². The maximum absolute atomic E-state index is 10.1. The second kappa shape index (κ2) is 7.81. The molecule has 1 atom stereocenters. The highest BCUT2D eigenvalue weighted by Crippen LogP contribution is 2.24. The minimum absolute atomic E-state index is 0.335. The van der Waals surface area contributed by atoms with Gasteiger partial charge < -0.3 is 15.2 Å². The molecule has 0 bridgehead atoms. The normalized spacial score (nSPS) is 23.8. The molecule has 0 spiro atoms. The molecule has 1 radical (unpaired) electrons. The van der Waals surface area contributed by atoms with Crippen molar-refractivity contribution in [1.82, 2.24) is 5.32 Å². The monoisotopic (exact) mass is 290 g/mol. The largest absolute Gasteiger partial charge is 0.490 e. The van der Waals surface area contributed by atoms with Crippen LogP contribution in [0.3, 0.4) is 0 Å². The zero-order chi connectivity index (χ0) is 15.2. The third-order valence-electron chi connectivity index (χ3n) is 4.39. The molecule has 0 aliphatic heterocycles. The molecular weight excluding hydrogens is 262 g/mol. The van der Waals surface area contributed by atoms with Gasteiger partial charge in [0.15, 0.2) is 0 Å². The van der Waals surface area contributed by atoms with Crippen LogP contribution in [0.25, 0.3) is 0 Å². The smallest absolute Gasteiger partial charge is 0.125 e. The van der Waals surface area contributed by atoms with Crippen molar-refractivity contribution in [2.75, 3.05) is 13.2 Å². The SMILES string of the molecule is Cc1c[c]cc(C)c1OCC(O)CNC1CCC(C)CC1. The first-order valence-corrected chi connectivity index (χ1v) is 8.07. The Labute approximate surface area is 128 Å². The lowest BCUT2D eigenvalue weighted by atomic mass is 9.87. The Bertz CT molecular complexity index is 419. The molecule has 1 saturated carbocycles. The third kappa shape index (κ3) is 5.01. The number of aliphatic hydroxyl groups excluding tert-OH is 1. The number of ether oxygens (including phenoxy) is 1. The van der Waals surface area contributed by atoms with E-state index < -0.39 is 6.10 Å². The molecular formula is C18H28NO2. The summed E-state index contributed by atoms with van der Waals surface area (Å²) in [5.41, 5.74) is 2.13. The van der Waals surface area contributed by atoms with Crippen LogP contribution in [0.1, 0.15) is 43.7 Å². The summed E-state index contributed by atoms with van der Waals surface area (Å²) in [6.45, 7) is 7.28. The van der Waals surface area contributed by atoms with Gasteiger partial charge in [-0.3, -0.25) is 0 Å². The minimum atomic E-state index is -0.465. The van der Waals surface area contributed by atoms with Crippen LogP contribution in [0.15, 0.2) is 12.1 Å². The highest BCUT2D eigenvalue weighted by Gasteiger charge is 2.18. The molecule has 3 heteroatoms. The number of aliphatic hydroxyl groups is 1. The van der Waals surface area contributed by atoms with Gasteiger partial charge in [-0.05, 0) is 74.8 Å². The van der Waals surface area contributed by atoms with Crippen molar-refractivity contribution in [3.63, 3.8) is 0 Å². The summed E-state index contributed by atoms with van der Waals surface area (Å²) in [6.07, 6.45) is 4.57. The second-order valence-corrected chi connectivity index (χ2v) is 6.48. The van der Waals surface area contributed by atoms with Crippen LogP contribution in [-0.2, 0) is 0 Å². The minimum Gasteiger partial charge on any atom is -0.490 e. The third-order valence-corrected chi connectivity index (χ3v) is 4.39. The van der Waals surface area contributed by atoms with Gasteiger partial charge in [0.1, 0.15) is 18.5 Å². The van der Waals surface area contributed by atoms with Gasteiger partial charge in [-0.2, -0.15) is 0 Å². The maximum atomic E-state index is 10.1.